The number of nitrogens with one attached hydrogen (secondary N) is 1. The molecule has 0 saturated heterocycles. The maximum Gasteiger partial charge on any atom is 0.173 e. The van der Waals surface area contributed by atoms with Crippen LogP contribution in [0.1, 0.15) is 38.8 Å². The van der Waals surface area contributed by atoms with Crippen molar-refractivity contribution >= 4 is 21.7 Å². The Labute approximate surface area is 121 Å². The lowest BCUT2D eigenvalue weighted by atomic mass is 10.1. The normalized spacial score (nSPS) is 11.0. The Balaban J connectivity index is 2.33. The topological polar surface area (TPSA) is 55.6 Å². The van der Waals surface area contributed by atoms with E-state index in [1.54, 1.807) is 11.0 Å². The average molecular weight is 324 g/mol. The third-order valence-corrected chi connectivity index (χ3v) is 3.46. The summed E-state index contributed by atoms with van der Waals surface area (Å²) < 4.78 is 2.61. The first-order chi connectivity index (χ1) is 9.13. The van der Waals surface area contributed by atoms with Crippen LogP contribution in [0.5, 0.6) is 0 Å². The Bertz CT molecular complexity index is 550. The molecule has 6 heteroatoms. The van der Waals surface area contributed by atoms with Gasteiger partial charge in [0.25, 0.3) is 0 Å². The zero-order valence-corrected chi connectivity index (χ0v) is 13.0. The summed E-state index contributed by atoms with van der Waals surface area (Å²) in [5, 5.41) is 7.79. The zero-order valence-electron chi connectivity index (χ0n) is 11.4. The number of nitrogens with zero attached hydrogens (tertiary/aromatic N) is 4. The predicted octanol–water partition coefficient (Wildman–Crippen LogP) is 3.37. The second-order valence-electron chi connectivity index (χ2n) is 4.63. The molecule has 0 aliphatic heterocycles. The summed E-state index contributed by atoms with van der Waals surface area (Å²) in [5.74, 6) is 1.95. The van der Waals surface area contributed by atoms with Crippen molar-refractivity contribution in [2.75, 3.05) is 11.9 Å². The van der Waals surface area contributed by atoms with Crippen molar-refractivity contribution in [1.82, 2.24) is 19.7 Å². The lowest BCUT2D eigenvalue weighted by Gasteiger charge is -2.09. The third-order valence-electron chi connectivity index (χ3n) is 2.73. The molecule has 0 unspecified atom stereocenters. The molecule has 0 fully saturated rings. The Hall–Kier alpha value is -1.43. The van der Waals surface area contributed by atoms with Crippen molar-refractivity contribution in [3.63, 3.8) is 0 Å². The fraction of sp³-hybridized carbons (Fsp3) is 0.462. The van der Waals surface area contributed by atoms with Gasteiger partial charge in [0.05, 0.1) is 5.69 Å². The molecule has 19 heavy (non-hydrogen) atoms. The van der Waals surface area contributed by atoms with E-state index < -0.39 is 0 Å². The summed E-state index contributed by atoms with van der Waals surface area (Å²) in [6, 6.07) is 2.01. The van der Waals surface area contributed by atoms with E-state index in [0.29, 0.717) is 5.92 Å². The molecule has 1 N–H and O–H groups in total. The third kappa shape index (κ3) is 3.12. The van der Waals surface area contributed by atoms with E-state index in [-0.39, 0.29) is 0 Å². The van der Waals surface area contributed by atoms with Gasteiger partial charge in [-0.25, -0.2) is 14.6 Å². The number of rotatable bonds is 5. The maximum absolute atomic E-state index is 4.53. The second kappa shape index (κ2) is 6.14. The molecule has 0 aliphatic carbocycles. The van der Waals surface area contributed by atoms with Crippen molar-refractivity contribution in [3.8, 4) is 5.82 Å². The lowest BCUT2D eigenvalue weighted by molar-refractivity contribution is 0.753. The van der Waals surface area contributed by atoms with E-state index in [0.717, 1.165) is 34.8 Å². The van der Waals surface area contributed by atoms with Crippen molar-refractivity contribution < 1.29 is 0 Å². The maximum atomic E-state index is 4.53. The first-order valence-corrected chi connectivity index (χ1v) is 7.23. The largest absolute Gasteiger partial charge is 0.369 e. The number of halogens is 1. The fourth-order valence-corrected chi connectivity index (χ4v) is 2.18. The summed E-state index contributed by atoms with van der Waals surface area (Å²) in [4.78, 5) is 8.53. The van der Waals surface area contributed by atoms with Crippen LogP contribution in [0.3, 0.4) is 0 Å². The molecule has 0 aromatic carbocycles. The van der Waals surface area contributed by atoms with Gasteiger partial charge in [0, 0.05) is 12.7 Å². The lowest BCUT2D eigenvalue weighted by Crippen LogP contribution is -2.07. The van der Waals surface area contributed by atoms with Crippen molar-refractivity contribution in [2.24, 2.45) is 0 Å². The SMILES string of the molecule is CCCNc1ncnc(-n2ccc(C(C)C)n2)c1Br. The Morgan fingerprint density at radius 1 is 1.37 bits per heavy atom. The minimum atomic E-state index is 0.402. The van der Waals surface area contributed by atoms with E-state index in [4.69, 9.17) is 0 Å². The molecule has 0 spiro atoms. The Kier molecular flexibility index (Phi) is 4.52. The first kappa shape index (κ1) is 14.0. The zero-order chi connectivity index (χ0) is 13.8. The van der Waals surface area contributed by atoms with E-state index in [1.165, 1.54) is 0 Å². The van der Waals surface area contributed by atoms with Crippen molar-refractivity contribution in [2.45, 2.75) is 33.1 Å². The molecule has 0 aliphatic rings. The number of aromatic nitrogens is 4. The molecule has 2 rings (SSSR count). The van der Waals surface area contributed by atoms with Crippen molar-refractivity contribution in [1.29, 1.82) is 0 Å². The summed E-state index contributed by atoms with van der Waals surface area (Å²) in [7, 11) is 0. The molecular formula is C13H18BrN5. The van der Waals surface area contributed by atoms with Crippen LogP contribution >= 0.6 is 15.9 Å². The van der Waals surface area contributed by atoms with Gasteiger partial charge in [-0.1, -0.05) is 20.8 Å². The van der Waals surface area contributed by atoms with Gasteiger partial charge in [0.2, 0.25) is 0 Å². The van der Waals surface area contributed by atoms with Gasteiger partial charge in [-0.2, -0.15) is 5.10 Å². The van der Waals surface area contributed by atoms with Gasteiger partial charge in [-0.15, -0.1) is 0 Å². The first-order valence-electron chi connectivity index (χ1n) is 6.43. The van der Waals surface area contributed by atoms with Gasteiger partial charge < -0.3 is 5.32 Å². The summed E-state index contributed by atoms with van der Waals surface area (Å²) in [6.07, 6.45) is 4.52. The van der Waals surface area contributed by atoms with Crippen LogP contribution in [0, 0.1) is 0 Å². The molecule has 2 heterocycles. The molecule has 0 atom stereocenters. The summed E-state index contributed by atoms with van der Waals surface area (Å²) >= 11 is 3.55. The highest BCUT2D eigenvalue weighted by Crippen LogP contribution is 2.25. The highest BCUT2D eigenvalue weighted by molar-refractivity contribution is 9.10. The van der Waals surface area contributed by atoms with Crippen molar-refractivity contribution in [3.05, 3.63) is 28.8 Å². The molecule has 0 radical (unpaired) electrons. The standard InChI is InChI=1S/C13H18BrN5/c1-4-6-15-12-11(14)13(17-8-16-12)19-7-5-10(18-19)9(2)3/h5,7-9H,4,6H2,1-3H3,(H,15,16,17). The van der Waals surface area contributed by atoms with Gasteiger partial charge in [0.15, 0.2) is 5.82 Å². The minimum absolute atomic E-state index is 0.402. The van der Waals surface area contributed by atoms with Crippen LogP contribution in [0.25, 0.3) is 5.82 Å². The summed E-state index contributed by atoms with van der Waals surface area (Å²) in [5.41, 5.74) is 1.05. The smallest absolute Gasteiger partial charge is 0.173 e. The molecule has 5 nitrogen and oxygen atoms in total. The van der Waals surface area contributed by atoms with E-state index in [9.17, 15) is 0 Å². The molecule has 0 amide bonds. The second-order valence-corrected chi connectivity index (χ2v) is 5.42. The highest BCUT2D eigenvalue weighted by atomic mass is 79.9. The summed E-state index contributed by atoms with van der Waals surface area (Å²) in [6.45, 7) is 7.24. The molecule has 2 aromatic rings. The number of hydrogen-bond donors (Lipinski definition) is 1. The molecular weight excluding hydrogens is 306 g/mol. The van der Waals surface area contributed by atoms with E-state index in [1.807, 2.05) is 12.3 Å². The average Bonchev–Trinajstić information content (AvgIpc) is 2.87. The minimum Gasteiger partial charge on any atom is -0.369 e. The molecule has 102 valence electrons. The van der Waals surface area contributed by atoms with Gasteiger partial charge in [0.1, 0.15) is 16.6 Å². The molecule has 0 saturated carbocycles. The van der Waals surface area contributed by atoms with Crippen LogP contribution in [0.4, 0.5) is 5.82 Å². The quantitative estimate of drug-likeness (QED) is 0.916. The van der Waals surface area contributed by atoms with Crippen LogP contribution in [-0.4, -0.2) is 26.3 Å². The van der Waals surface area contributed by atoms with Gasteiger partial charge in [-0.3, -0.25) is 0 Å². The van der Waals surface area contributed by atoms with Crippen LogP contribution in [0.15, 0.2) is 23.1 Å². The molecule has 2 aromatic heterocycles. The number of hydrogen-bond acceptors (Lipinski definition) is 4. The van der Waals surface area contributed by atoms with Crippen LogP contribution < -0.4 is 5.32 Å². The number of anilines is 1. The van der Waals surface area contributed by atoms with Gasteiger partial charge >= 0.3 is 0 Å². The molecule has 0 bridgehead atoms. The van der Waals surface area contributed by atoms with Crippen LogP contribution in [-0.2, 0) is 0 Å². The Morgan fingerprint density at radius 2 is 2.16 bits per heavy atom. The Morgan fingerprint density at radius 3 is 2.79 bits per heavy atom. The van der Waals surface area contributed by atoms with Crippen LogP contribution in [0.2, 0.25) is 0 Å². The highest BCUT2D eigenvalue weighted by Gasteiger charge is 2.12. The van der Waals surface area contributed by atoms with E-state index >= 15 is 0 Å². The predicted molar refractivity (Wildman–Crippen MR) is 79.7 cm³/mol. The fourth-order valence-electron chi connectivity index (χ4n) is 1.65. The monoisotopic (exact) mass is 323 g/mol. The van der Waals surface area contributed by atoms with E-state index in [2.05, 4.69) is 57.1 Å². The van der Waals surface area contributed by atoms with Gasteiger partial charge in [-0.05, 0) is 34.3 Å².